The number of hydrogen-bond donors (Lipinski definition) is 2. The Morgan fingerprint density at radius 1 is 1.26 bits per heavy atom. The molecule has 8 nitrogen and oxygen atoms in total. The summed E-state index contributed by atoms with van der Waals surface area (Å²) < 4.78 is 6.68. The number of rotatable bonds is 5. The van der Waals surface area contributed by atoms with Gasteiger partial charge in [-0.2, -0.15) is 5.10 Å². The maximum Gasteiger partial charge on any atom is 0.337 e. The Hall–Kier alpha value is -3.26. The van der Waals surface area contributed by atoms with Crippen LogP contribution in [0.15, 0.2) is 42.9 Å². The summed E-state index contributed by atoms with van der Waals surface area (Å²) in [6, 6.07) is 7.57. The zero-order valence-electron chi connectivity index (χ0n) is 15.1. The van der Waals surface area contributed by atoms with Crippen LogP contribution in [0, 0.1) is 6.92 Å². The molecule has 0 spiro atoms. The average Bonchev–Trinajstić information content (AvgIpc) is 3.09. The van der Waals surface area contributed by atoms with Crippen molar-refractivity contribution in [3.05, 3.63) is 54.0 Å². The van der Waals surface area contributed by atoms with E-state index in [9.17, 15) is 4.79 Å². The molecule has 138 valence electrons. The van der Waals surface area contributed by atoms with Gasteiger partial charge >= 0.3 is 5.97 Å². The quantitative estimate of drug-likeness (QED) is 0.671. The zero-order chi connectivity index (χ0) is 18.8. The van der Waals surface area contributed by atoms with Gasteiger partial charge in [-0.15, -0.1) is 0 Å². The highest BCUT2D eigenvalue weighted by Crippen LogP contribution is 2.24. The number of carbonyl (C=O) groups excluding carboxylic acids is 1. The first-order chi connectivity index (χ1) is 13.1. The van der Waals surface area contributed by atoms with E-state index in [1.807, 2.05) is 29.9 Å². The molecule has 2 aromatic heterocycles. The summed E-state index contributed by atoms with van der Waals surface area (Å²) in [6.07, 6.45) is 5.51. The van der Waals surface area contributed by atoms with Gasteiger partial charge in [0.15, 0.2) is 0 Å². The smallest absolute Gasteiger partial charge is 0.337 e. The van der Waals surface area contributed by atoms with Gasteiger partial charge in [-0.25, -0.2) is 14.8 Å². The van der Waals surface area contributed by atoms with Crippen molar-refractivity contribution in [3.8, 4) is 11.3 Å². The highest BCUT2D eigenvalue weighted by atomic mass is 16.5. The number of nitrogens with zero attached hydrogens (tertiary/aromatic N) is 4. The van der Waals surface area contributed by atoms with Crippen molar-refractivity contribution < 1.29 is 9.53 Å². The molecule has 1 aliphatic rings. The van der Waals surface area contributed by atoms with Crippen molar-refractivity contribution in [2.75, 3.05) is 25.5 Å². The molecular formula is C19H20N6O2. The molecule has 1 fully saturated rings. The van der Waals surface area contributed by atoms with Crippen molar-refractivity contribution in [2.24, 2.45) is 0 Å². The summed E-state index contributed by atoms with van der Waals surface area (Å²) >= 11 is 0. The first-order valence-electron chi connectivity index (χ1n) is 8.68. The number of esters is 1. The van der Waals surface area contributed by atoms with Crippen LogP contribution in [0.25, 0.3) is 11.3 Å². The minimum absolute atomic E-state index is 0.359. The number of methoxy groups -OCH3 is 1. The minimum atomic E-state index is -0.359. The largest absolute Gasteiger partial charge is 0.465 e. The van der Waals surface area contributed by atoms with E-state index >= 15 is 0 Å². The van der Waals surface area contributed by atoms with Gasteiger partial charge in [-0.05, 0) is 24.6 Å². The van der Waals surface area contributed by atoms with Gasteiger partial charge in [0.1, 0.15) is 0 Å². The molecule has 3 heterocycles. The predicted octanol–water partition coefficient (Wildman–Crippen LogP) is 2.32. The number of nitrogens with one attached hydrogen (secondary N) is 2. The first kappa shape index (κ1) is 17.2. The molecule has 2 N–H and O–H groups in total. The van der Waals surface area contributed by atoms with Crippen molar-refractivity contribution in [1.29, 1.82) is 0 Å². The maximum absolute atomic E-state index is 11.6. The number of ether oxygens (including phenoxy) is 1. The summed E-state index contributed by atoms with van der Waals surface area (Å²) in [5, 5.41) is 10.8. The van der Waals surface area contributed by atoms with Gasteiger partial charge in [0.2, 0.25) is 5.95 Å². The van der Waals surface area contributed by atoms with E-state index in [0.717, 1.165) is 35.6 Å². The summed E-state index contributed by atoms with van der Waals surface area (Å²) in [5.74, 6) is 0.140. The fourth-order valence-corrected chi connectivity index (χ4v) is 2.87. The molecule has 0 radical (unpaired) electrons. The van der Waals surface area contributed by atoms with Crippen molar-refractivity contribution in [1.82, 2.24) is 25.1 Å². The van der Waals surface area contributed by atoms with Gasteiger partial charge in [0.05, 0.1) is 36.3 Å². The third-order valence-corrected chi connectivity index (χ3v) is 4.54. The van der Waals surface area contributed by atoms with Crippen molar-refractivity contribution in [2.45, 2.75) is 13.0 Å². The molecule has 1 aliphatic heterocycles. The van der Waals surface area contributed by atoms with Crippen LogP contribution in [0.3, 0.4) is 0 Å². The second-order valence-corrected chi connectivity index (χ2v) is 6.44. The fraction of sp³-hybridized carbons (Fsp3) is 0.263. The number of aromatic nitrogens is 4. The van der Waals surface area contributed by atoms with E-state index in [4.69, 9.17) is 4.74 Å². The SMILES string of the molecule is COC(=O)c1ccc(-c2nc(Nc3cnn(C4CNC4)c3)ncc2C)cc1. The summed E-state index contributed by atoms with van der Waals surface area (Å²) in [6.45, 7) is 3.83. The molecule has 0 unspecified atom stereocenters. The Balaban J connectivity index is 1.55. The Kier molecular flexibility index (Phi) is 4.55. The van der Waals surface area contributed by atoms with E-state index < -0.39 is 0 Å². The Morgan fingerprint density at radius 2 is 2.04 bits per heavy atom. The standard InChI is InChI=1S/C19H20N6O2/c1-12-7-21-19(23-15-8-22-25(11-15)16-9-20-10-16)24-17(12)13-3-5-14(6-4-13)18(26)27-2/h3-8,11,16,20H,9-10H2,1-2H3,(H,21,23,24). The third-order valence-electron chi connectivity index (χ3n) is 4.54. The van der Waals surface area contributed by atoms with Crippen LogP contribution < -0.4 is 10.6 Å². The summed E-state index contributed by atoms with van der Waals surface area (Å²) in [7, 11) is 1.37. The van der Waals surface area contributed by atoms with E-state index in [-0.39, 0.29) is 5.97 Å². The Morgan fingerprint density at radius 3 is 2.70 bits per heavy atom. The molecule has 4 rings (SSSR count). The zero-order valence-corrected chi connectivity index (χ0v) is 15.1. The van der Waals surface area contributed by atoms with E-state index in [1.165, 1.54) is 7.11 Å². The molecule has 0 amide bonds. The molecule has 0 atom stereocenters. The molecule has 1 saturated heterocycles. The second kappa shape index (κ2) is 7.16. The number of carbonyl (C=O) groups is 1. The van der Waals surface area contributed by atoms with Crippen LogP contribution in [0.4, 0.5) is 11.6 Å². The third kappa shape index (κ3) is 3.52. The van der Waals surface area contributed by atoms with Crippen molar-refractivity contribution >= 4 is 17.6 Å². The molecular weight excluding hydrogens is 344 g/mol. The Labute approximate surface area is 156 Å². The van der Waals surface area contributed by atoms with Crippen LogP contribution in [-0.2, 0) is 4.74 Å². The lowest BCUT2D eigenvalue weighted by Gasteiger charge is -2.27. The van der Waals surface area contributed by atoms with Crippen molar-refractivity contribution in [3.63, 3.8) is 0 Å². The summed E-state index contributed by atoms with van der Waals surface area (Å²) in [4.78, 5) is 20.6. The van der Waals surface area contributed by atoms with Crippen LogP contribution in [0.5, 0.6) is 0 Å². The normalized spacial score (nSPS) is 13.9. The van der Waals surface area contributed by atoms with Gasteiger partial charge < -0.3 is 15.4 Å². The van der Waals surface area contributed by atoms with Crippen LogP contribution in [-0.4, -0.2) is 45.9 Å². The Bertz CT molecular complexity index is 963. The lowest BCUT2D eigenvalue weighted by Crippen LogP contribution is -2.43. The van der Waals surface area contributed by atoms with Crippen LogP contribution in [0.2, 0.25) is 0 Å². The lowest BCUT2D eigenvalue weighted by molar-refractivity contribution is 0.0601. The van der Waals surface area contributed by atoms with Gasteiger partial charge in [0, 0.05) is 31.0 Å². The van der Waals surface area contributed by atoms with E-state index in [0.29, 0.717) is 17.6 Å². The first-order valence-corrected chi connectivity index (χ1v) is 8.68. The monoisotopic (exact) mass is 364 g/mol. The van der Waals surface area contributed by atoms with Crippen LogP contribution in [0.1, 0.15) is 22.0 Å². The van der Waals surface area contributed by atoms with Crippen LogP contribution >= 0.6 is 0 Å². The molecule has 0 saturated carbocycles. The average molecular weight is 364 g/mol. The van der Waals surface area contributed by atoms with E-state index in [1.54, 1.807) is 24.5 Å². The fourth-order valence-electron chi connectivity index (χ4n) is 2.87. The molecule has 8 heteroatoms. The molecule has 27 heavy (non-hydrogen) atoms. The lowest BCUT2D eigenvalue weighted by atomic mass is 10.1. The van der Waals surface area contributed by atoms with Gasteiger partial charge in [-0.3, -0.25) is 4.68 Å². The summed E-state index contributed by atoms with van der Waals surface area (Å²) in [5.41, 5.74) is 4.01. The second-order valence-electron chi connectivity index (χ2n) is 6.44. The number of benzene rings is 1. The highest BCUT2D eigenvalue weighted by molar-refractivity contribution is 5.89. The van der Waals surface area contributed by atoms with Gasteiger partial charge in [0.25, 0.3) is 0 Å². The molecule has 3 aromatic rings. The maximum atomic E-state index is 11.6. The molecule has 0 aliphatic carbocycles. The minimum Gasteiger partial charge on any atom is -0.465 e. The predicted molar refractivity (Wildman–Crippen MR) is 101 cm³/mol. The number of aryl methyl sites for hydroxylation is 1. The van der Waals surface area contributed by atoms with Gasteiger partial charge in [-0.1, -0.05) is 12.1 Å². The molecule has 0 bridgehead atoms. The topological polar surface area (TPSA) is 94.0 Å². The number of anilines is 2. The molecule has 1 aromatic carbocycles. The van der Waals surface area contributed by atoms with E-state index in [2.05, 4.69) is 25.7 Å². The highest BCUT2D eigenvalue weighted by Gasteiger charge is 2.19. The number of hydrogen-bond acceptors (Lipinski definition) is 7.